The topological polar surface area (TPSA) is 61.8 Å². The van der Waals surface area contributed by atoms with E-state index in [1.54, 1.807) is 13.8 Å². The van der Waals surface area contributed by atoms with Gasteiger partial charge in [0.1, 0.15) is 11.4 Å². The summed E-state index contributed by atoms with van der Waals surface area (Å²) in [5.74, 6) is -0.0505. The van der Waals surface area contributed by atoms with E-state index in [1.165, 1.54) is 0 Å². The lowest BCUT2D eigenvalue weighted by molar-refractivity contribution is -0.215. The summed E-state index contributed by atoms with van der Waals surface area (Å²) in [6, 6.07) is 8.09. The van der Waals surface area contributed by atoms with Crippen LogP contribution in [0.2, 0.25) is 0 Å². The molecule has 4 rings (SSSR count). The molecule has 31 heavy (non-hydrogen) atoms. The zero-order valence-electron chi connectivity index (χ0n) is 19.2. The monoisotopic (exact) mass is 426 g/mol. The van der Waals surface area contributed by atoms with Crippen LogP contribution >= 0.6 is 0 Å². The number of rotatable bonds is 4. The summed E-state index contributed by atoms with van der Waals surface area (Å²) in [6.45, 7) is 12.6. The van der Waals surface area contributed by atoms with Gasteiger partial charge in [-0.3, -0.25) is 9.59 Å². The molecule has 0 N–H and O–H groups in total. The molecule has 0 radical (unpaired) electrons. The Hall–Kier alpha value is -2.30. The van der Waals surface area contributed by atoms with Gasteiger partial charge in [0.25, 0.3) is 0 Å². The van der Waals surface area contributed by atoms with Crippen molar-refractivity contribution in [2.24, 2.45) is 22.7 Å². The number of hydrogen-bond donors (Lipinski definition) is 0. The zero-order valence-corrected chi connectivity index (χ0v) is 19.2. The van der Waals surface area contributed by atoms with E-state index in [2.05, 4.69) is 26.5 Å². The third kappa shape index (κ3) is 2.95. The molecule has 2 aliphatic carbocycles. The molecule has 1 aromatic carbocycles. The van der Waals surface area contributed by atoms with Crippen molar-refractivity contribution in [1.29, 1.82) is 0 Å². The van der Waals surface area contributed by atoms with Crippen molar-refractivity contribution in [3.8, 4) is 5.75 Å². The maximum atomic E-state index is 13.6. The minimum Gasteiger partial charge on any atom is -0.487 e. The fourth-order valence-corrected chi connectivity index (χ4v) is 6.83. The lowest BCUT2D eigenvalue weighted by atomic mass is 9.40. The number of carbonyl (C=O) groups is 2. The molecule has 2 fully saturated rings. The Morgan fingerprint density at radius 3 is 2.39 bits per heavy atom. The Kier molecular flexibility index (Phi) is 5.43. The number of ether oxygens (including phenoxy) is 3. The summed E-state index contributed by atoms with van der Waals surface area (Å²) in [5, 5.41) is 0. The highest BCUT2D eigenvalue weighted by atomic mass is 16.6. The van der Waals surface area contributed by atoms with Gasteiger partial charge in [-0.1, -0.05) is 37.3 Å². The first-order valence-electron chi connectivity index (χ1n) is 11.5. The normalized spacial score (nSPS) is 33.2. The molecule has 0 aromatic heterocycles. The predicted molar refractivity (Wildman–Crippen MR) is 118 cm³/mol. The molecule has 0 unspecified atom stereocenters. The number of hydrogen-bond acceptors (Lipinski definition) is 5. The van der Waals surface area contributed by atoms with Crippen molar-refractivity contribution in [3.63, 3.8) is 0 Å². The first-order valence-corrected chi connectivity index (χ1v) is 11.5. The van der Waals surface area contributed by atoms with Gasteiger partial charge in [0.2, 0.25) is 0 Å². The molecule has 4 atom stereocenters. The van der Waals surface area contributed by atoms with Crippen LogP contribution in [0.4, 0.5) is 0 Å². The van der Waals surface area contributed by atoms with E-state index in [0.29, 0.717) is 12.8 Å². The van der Waals surface area contributed by atoms with Gasteiger partial charge in [-0.05, 0) is 70.4 Å². The second kappa shape index (κ2) is 7.68. The standard InChI is InChI=1S/C26H34O5/c1-6-29-22(27)26(23(28)30-7-2)15-12-17(3)19-13-14-24(4)21(25(19,26)5)16-18-10-8-9-11-20(18)31-24/h8-11,19,21H,3,6-7,12-16H2,1-2,4-5H3/t19-,21-,24+,25-/m1/s1. The molecular formula is C26H34O5. The van der Waals surface area contributed by atoms with E-state index >= 15 is 0 Å². The number of carbonyl (C=O) groups excluding carboxylic acids is 2. The van der Waals surface area contributed by atoms with Crippen LogP contribution in [-0.4, -0.2) is 30.8 Å². The predicted octanol–water partition coefficient (Wildman–Crippen LogP) is 4.88. The molecule has 2 saturated carbocycles. The van der Waals surface area contributed by atoms with Gasteiger partial charge in [0.05, 0.1) is 13.2 Å². The fourth-order valence-electron chi connectivity index (χ4n) is 6.83. The van der Waals surface area contributed by atoms with Crippen LogP contribution in [0, 0.1) is 22.7 Å². The molecule has 3 aliphatic rings. The Balaban J connectivity index is 1.92. The highest BCUT2D eigenvalue weighted by Crippen LogP contribution is 2.68. The van der Waals surface area contributed by atoms with Crippen molar-refractivity contribution in [1.82, 2.24) is 0 Å². The second-order valence-corrected chi connectivity index (χ2v) is 9.66. The first kappa shape index (κ1) is 21.9. The molecule has 0 spiro atoms. The molecule has 5 nitrogen and oxygen atoms in total. The third-order valence-corrected chi connectivity index (χ3v) is 8.34. The van der Waals surface area contributed by atoms with Gasteiger partial charge in [0, 0.05) is 11.3 Å². The maximum Gasteiger partial charge on any atom is 0.324 e. The van der Waals surface area contributed by atoms with E-state index in [9.17, 15) is 9.59 Å². The Bertz CT molecular complexity index is 887. The lowest BCUT2D eigenvalue weighted by Gasteiger charge is -2.64. The Labute approximate surface area is 185 Å². The van der Waals surface area contributed by atoms with Gasteiger partial charge in [0.15, 0.2) is 5.41 Å². The van der Waals surface area contributed by atoms with Crippen molar-refractivity contribution in [2.45, 2.75) is 65.4 Å². The molecule has 0 saturated heterocycles. The van der Waals surface area contributed by atoms with E-state index < -0.39 is 28.4 Å². The van der Waals surface area contributed by atoms with Crippen LogP contribution in [0.3, 0.4) is 0 Å². The quantitative estimate of drug-likeness (QED) is 0.390. The van der Waals surface area contributed by atoms with Crippen LogP contribution in [0.1, 0.15) is 58.9 Å². The minimum absolute atomic E-state index is 0.0296. The Morgan fingerprint density at radius 1 is 1.10 bits per heavy atom. The Morgan fingerprint density at radius 2 is 1.74 bits per heavy atom. The average molecular weight is 427 g/mol. The first-order chi connectivity index (χ1) is 14.7. The maximum absolute atomic E-state index is 13.6. The lowest BCUT2D eigenvalue weighted by Crippen LogP contribution is -2.69. The minimum atomic E-state index is -1.37. The largest absolute Gasteiger partial charge is 0.487 e. The van der Waals surface area contributed by atoms with Crippen molar-refractivity contribution in [3.05, 3.63) is 42.0 Å². The molecule has 1 aliphatic heterocycles. The summed E-state index contributed by atoms with van der Waals surface area (Å²) in [5.41, 5.74) is -0.340. The smallest absolute Gasteiger partial charge is 0.324 e. The van der Waals surface area contributed by atoms with Crippen LogP contribution in [0.15, 0.2) is 36.4 Å². The number of para-hydroxylation sites is 1. The highest BCUT2D eigenvalue weighted by Gasteiger charge is 2.73. The van der Waals surface area contributed by atoms with E-state index in [1.807, 2.05) is 18.2 Å². The van der Waals surface area contributed by atoms with Crippen molar-refractivity contribution in [2.75, 3.05) is 13.2 Å². The summed E-state index contributed by atoms with van der Waals surface area (Å²) >= 11 is 0. The highest BCUT2D eigenvalue weighted by molar-refractivity contribution is 6.01. The number of esters is 2. The molecular weight excluding hydrogens is 392 g/mol. The van der Waals surface area contributed by atoms with Crippen molar-refractivity contribution < 1.29 is 23.8 Å². The average Bonchev–Trinajstić information content (AvgIpc) is 2.73. The second-order valence-electron chi connectivity index (χ2n) is 9.66. The van der Waals surface area contributed by atoms with E-state index in [-0.39, 0.29) is 25.0 Å². The summed E-state index contributed by atoms with van der Waals surface area (Å²) in [6.07, 6.45) is 3.41. The third-order valence-electron chi connectivity index (χ3n) is 8.34. The van der Waals surface area contributed by atoms with Gasteiger partial charge in [-0.15, -0.1) is 0 Å². The molecule has 5 heteroatoms. The van der Waals surface area contributed by atoms with Crippen LogP contribution in [0.5, 0.6) is 5.75 Å². The number of fused-ring (bicyclic) bond motifs is 4. The van der Waals surface area contributed by atoms with Crippen LogP contribution in [-0.2, 0) is 25.5 Å². The zero-order chi connectivity index (χ0) is 22.4. The van der Waals surface area contributed by atoms with E-state index in [0.717, 1.165) is 36.1 Å². The van der Waals surface area contributed by atoms with Crippen LogP contribution in [0.25, 0.3) is 0 Å². The number of allylic oxidation sites excluding steroid dienone is 1. The summed E-state index contributed by atoms with van der Waals surface area (Å²) in [4.78, 5) is 27.3. The summed E-state index contributed by atoms with van der Waals surface area (Å²) < 4.78 is 17.8. The van der Waals surface area contributed by atoms with Crippen molar-refractivity contribution >= 4 is 11.9 Å². The van der Waals surface area contributed by atoms with Crippen LogP contribution < -0.4 is 4.74 Å². The van der Waals surface area contributed by atoms with Gasteiger partial charge in [-0.25, -0.2) is 0 Å². The van der Waals surface area contributed by atoms with Gasteiger partial charge < -0.3 is 14.2 Å². The molecule has 0 amide bonds. The SMILES string of the molecule is C=C1CCC(C(=O)OCC)(C(=O)OCC)[C@]2(C)[C@@H]1CC[C@]1(C)Oc3ccccc3C[C@@H]21. The fraction of sp³-hybridized carbons (Fsp3) is 0.615. The summed E-state index contributed by atoms with van der Waals surface area (Å²) in [7, 11) is 0. The number of benzene rings is 1. The van der Waals surface area contributed by atoms with Gasteiger partial charge in [-0.2, -0.15) is 0 Å². The molecule has 168 valence electrons. The van der Waals surface area contributed by atoms with Gasteiger partial charge >= 0.3 is 11.9 Å². The molecule has 1 heterocycles. The van der Waals surface area contributed by atoms with E-state index in [4.69, 9.17) is 14.2 Å². The molecule has 1 aromatic rings. The molecule has 0 bridgehead atoms.